The number of hydrogen-bond acceptors (Lipinski definition) is 4. The molecule has 1 N–H and O–H groups in total. The molecule has 0 aromatic heterocycles. The molecule has 1 amide bonds. The lowest BCUT2D eigenvalue weighted by Gasteiger charge is -2.09. The Morgan fingerprint density at radius 2 is 1.73 bits per heavy atom. The number of nitrogens with one attached hydrogen (secondary N) is 1. The van der Waals surface area contributed by atoms with E-state index in [1.807, 2.05) is 18.2 Å². The van der Waals surface area contributed by atoms with Crippen molar-refractivity contribution in [2.75, 3.05) is 18.7 Å². The van der Waals surface area contributed by atoms with Gasteiger partial charge in [0.25, 0.3) is 0 Å². The Kier molecular flexibility index (Phi) is 4.82. The van der Waals surface area contributed by atoms with Crippen molar-refractivity contribution >= 4 is 21.4 Å². The molecule has 2 rings (SSSR count). The van der Waals surface area contributed by atoms with Crippen molar-refractivity contribution < 1.29 is 17.9 Å². The molecule has 0 saturated heterocycles. The van der Waals surface area contributed by atoms with E-state index < -0.39 is 9.84 Å². The summed E-state index contributed by atoms with van der Waals surface area (Å²) in [4.78, 5) is 12.3. The SMILES string of the molecule is COc1ccccc1CC(=O)Nc1ccc(S(C)(=O)=O)cc1. The minimum Gasteiger partial charge on any atom is -0.496 e. The Morgan fingerprint density at radius 1 is 1.09 bits per heavy atom. The number of sulfone groups is 1. The summed E-state index contributed by atoms with van der Waals surface area (Å²) in [6.07, 6.45) is 1.32. The van der Waals surface area contributed by atoms with Crippen LogP contribution in [0.25, 0.3) is 0 Å². The number of rotatable bonds is 5. The van der Waals surface area contributed by atoms with Crippen LogP contribution in [0.4, 0.5) is 5.69 Å². The largest absolute Gasteiger partial charge is 0.496 e. The normalized spacial score (nSPS) is 11.0. The fraction of sp³-hybridized carbons (Fsp3) is 0.188. The highest BCUT2D eigenvalue weighted by Crippen LogP contribution is 2.19. The molecular formula is C16H17NO4S. The second-order valence-electron chi connectivity index (χ2n) is 4.83. The molecule has 0 aliphatic heterocycles. The molecule has 0 aliphatic carbocycles. The van der Waals surface area contributed by atoms with Crippen molar-refractivity contribution in [3.63, 3.8) is 0 Å². The third kappa shape index (κ3) is 4.08. The number of carbonyl (C=O) groups is 1. The van der Waals surface area contributed by atoms with E-state index in [2.05, 4.69) is 5.32 Å². The first kappa shape index (κ1) is 16.0. The van der Waals surface area contributed by atoms with Crippen LogP contribution in [0.3, 0.4) is 0 Å². The molecule has 0 atom stereocenters. The van der Waals surface area contributed by atoms with E-state index in [1.54, 1.807) is 25.3 Å². The third-order valence-corrected chi connectivity index (χ3v) is 4.24. The molecular weight excluding hydrogens is 302 g/mol. The van der Waals surface area contributed by atoms with E-state index in [1.165, 1.54) is 12.1 Å². The summed E-state index contributed by atoms with van der Waals surface area (Å²) in [5.74, 6) is 0.460. The monoisotopic (exact) mass is 319 g/mol. The number of benzene rings is 2. The first-order valence-electron chi connectivity index (χ1n) is 6.62. The van der Waals surface area contributed by atoms with Gasteiger partial charge in [-0.15, -0.1) is 0 Å². The van der Waals surface area contributed by atoms with Gasteiger partial charge in [0.2, 0.25) is 5.91 Å². The molecule has 0 bridgehead atoms. The van der Waals surface area contributed by atoms with Crippen LogP contribution in [0.2, 0.25) is 0 Å². The average molecular weight is 319 g/mol. The number of methoxy groups -OCH3 is 1. The zero-order valence-electron chi connectivity index (χ0n) is 12.4. The smallest absolute Gasteiger partial charge is 0.228 e. The predicted octanol–water partition coefficient (Wildman–Crippen LogP) is 2.28. The highest BCUT2D eigenvalue weighted by Gasteiger charge is 2.10. The summed E-state index contributed by atoms with van der Waals surface area (Å²) >= 11 is 0. The molecule has 22 heavy (non-hydrogen) atoms. The first-order valence-corrected chi connectivity index (χ1v) is 8.51. The fourth-order valence-corrected chi connectivity index (χ4v) is 2.64. The lowest BCUT2D eigenvalue weighted by molar-refractivity contribution is -0.115. The van der Waals surface area contributed by atoms with Gasteiger partial charge in [-0.25, -0.2) is 8.42 Å². The zero-order valence-corrected chi connectivity index (χ0v) is 13.2. The maximum absolute atomic E-state index is 12.0. The fourth-order valence-electron chi connectivity index (χ4n) is 2.01. The van der Waals surface area contributed by atoms with E-state index in [9.17, 15) is 13.2 Å². The van der Waals surface area contributed by atoms with E-state index in [0.29, 0.717) is 11.4 Å². The molecule has 116 valence electrons. The molecule has 0 unspecified atom stereocenters. The minimum absolute atomic E-state index is 0.178. The van der Waals surface area contributed by atoms with E-state index in [-0.39, 0.29) is 17.2 Å². The molecule has 0 fully saturated rings. The van der Waals surface area contributed by atoms with Crippen molar-refractivity contribution in [1.82, 2.24) is 0 Å². The topological polar surface area (TPSA) is 72.5 Å². The molecule has 2 aromatic rings. The summed E-state index contributed by atoms with van der Waals surface area (Å²) in [6, 6.07) is 13.4. The summed E-state index contributed by atoms with van der Waals surface area (Å²) in [6.45, 7) is 0. The number of carbonyl (C=O) groups excluding carboxylic acids is 1. The summed E-state index contributed by atoms with van der Waals surface area (Å²) in [5.41, 5.74) is 1.34. The molecule has 0 heterocycles. The van der Waals surface area contributed by atoms with E-state index >= 15 is 0 Å². The van der Waals surface area contributed by atoms with Crippen LogP contribution in [0.15, 0.2) is 53.4 Å². The van der Waals surface area contributed by atoms with E-state index in [4.69, 9.17) is 4.74 Å². The molecule has 0 spiro atoms. The second-order valence-corrected chi connectivity index (χ2v) is 6.85. The van der Waals surface area contributed by atoms with Crippen LogP contribution in [0.5, 0.6) is 5.75 Å². The number of para-hydroxylation sites is 1. The lowest BCUT2D eigenvalue weighted by atomic mass is 10.1. The molecule has 2 aromatic carbocycles. The summed E-state index contributed by atoms with van der Waals surface area (Å²) < 4.78 is 28.0. The van der Waals surface area contributed by atoms with E-state index in [0.717, 1.165) is 11.8 Å². The Morgan fingerprint density at radius 3 is 2.32 bits per heavy atom. The Balaban J connectivity index is 2.06. The standard InChI is InChI=1S/C16H17NO4S/c1-21-15-6-4-3-5-12(15)11-16(18)17-13-7-9-14(10-8-13)22(2,19)20/h3-10H,11H2,1-2H3,(H,17,18). The quantitative estimate of drug-likeness (QED) is 0.917. The molecule has 0 aliphatic rings. The van der Waals surface area contributed by atoms with Crippen LogP contribution < -0.4 is 10.1 Å². The second kappa shape index (κ2) is 6.62. The molecule has 6 heteroatoms. The number of hydrogen-bond donors (Lipinski definition) is 1. The van der Waals surface area contributed by atoms with Gasteiger partial charge in [0.1, 0.15) is 5.75 Å². The predicted molar refractivity (Wildman–Crippen MR) is 84.9 cm³/mol. The van der Waals surface area contributed by atoms with Gasteiger partial charge in [-0.2, -0.15) is 0 Å². The van der Waals surface area contributed by atoms with Gasteiger partial charge < -0.3 is 10.1 Å². The van der Waals surface area contributed by atoms with Crippen molar-refractivity contribution in [1.29, 1.82) is 0 Å². The molecule has 0 saturated carbocycles. The van der Waals surface area contributed by atoms with Crippen molar-refractivity contribution in [2.24, 2.45) is 0 Å². The molecule has 5 nitrogen and oxygen atoms in total. The Labute approximate surface area is 129 Å². The van der Waals surface area contributed by atoms with Gasteiger partial charge in [0, 0.05) is 17.5 Å². The van der Waals surface area contributed by atoms with Gasteiger partial charge in [0.05, 0.1) is 18.4 Å². The van der Waals surface area contributed by atoms with Crippen molar-refractivity contribution in [3.8, 4) is 5.75 Å². The highest BCUT2D eigenvalue weighted by atomic mass is 32.2. The Bertz CT molecular complexity index is 767. The van der Waals surface area contributed by atoms with Crippen LogP contribution in [0, 0.1) is 0 Å². The van der Waals surface area contributed by atoms with Gasteiger partial charge in [0.15, 0.2) is 9.84 Å². The third-order valence-electron chi connectivity index (χ3n) is 3.11. The summed E-state index contributed by atoms with van der Waals surface area (Å²) in [7, 11) is -1.68. The minimum atomic E-state index is -3.23. The van der Waals surface area contributed by atoms with Crippen molar-refractivity contribution in [2.45, 2.75) is 11.3 Å². The number of anilines is 1. The summed E-state index contributed by atoms with van der Waals surface area (Å²) in [5, 5.41) is 2.73. The van der Waals surface area contributed by atoms with Gasteiger partial charge >= 0.3 is 0 Å². The maximum atomic E-state index is 12.0. The zero-order chi connectivity index (χ0) is 16.2. The Hall–Kier alpha value is -2.34. The highest BCUT2D eigenvalue weighted by molar-refractivity contribution is 7.90. The first-order chi connectivity index (χ1) is 10.4. The van der Waals surface area contributed by atoms with Crippen LogP contribution >= 0.6 is 0 Å². The van der Waals surface area contributed by atoms with Crippen molar-refractivity contribution in [3.05, 3.63) is 54.1 Å². The van der Waals surface area contributed by atoms with Gasteiger partial charge in [-0.1, -0.05) is 18.2 Å². The van der Waals surface area contributed by atoms with Crippen LogP contribution in [-0.4, -0.2) is 27.7 Å². The molecule has 0 radical (unpaired) electrons. The lowest BCUT2D eigenvalue weighted by Crippen LogP contribution is -2.15. The van der Waals surface area contributed by atoms with Gasteiger partial charge in [-0.05, 0) is 30.3 Å². The van der Waals surface area contributed by atoms with Crippen LogP contribution in [0.1, 0.15) is 5.56 Å². The average Bonchev–Trinajstić information content (AvgIpc) is 2.47. The van der Waals surface area contributed by atoms with Gasteiger partial charge in [-0.3, -0.25) is 4.79 Å². The van der Waals surface area contributed by atoms with Crippen LogP contribution in [-0.2, 0) is 21.1 Å². The number of amides is 1. The maximum Gasteiger partial charge on any atom is 0.228 e. The number of ether oxygens (including phenoxy) is 1.